The summed E-state index contributed by atoms with van der Waals surface area (Å²) in [7, 11) is -10.7. The van der Waals surface area contributed by atoms with Crippen LogP contribution in [0.25, 0.3) is 0 Å². The Hall–Kier alpha value is 0.694. The van der Waals surface area contributed by atoms with Crippen molar-refractivity contribution in [3.63, 3.8) is 0 Å². The van der Waals surface area contributed by atoms with Crippen LogP contribution in [0.5, 0.6) is 0 Å². The molecule has 0 spiro atoms. The van der Waals surface area contributed by atoms with Crippen molar-refractivity contribution in [3.05, 3.63) is 0 Å². The molecule has 0 saturated heterocycles. The van der Waals surface area contributed by atoms with Gasteiger partial charge in [0.1, 0.15) is 0 Å². The summed E-state index contributed by atoms with van der Waals surface area (Å²) in [5.74, 6) is 0. The van der Waals surface area contributed by atoms with Crippen molar-refractivity contribution in [2.45, 2.75) is 91.7 Å². The minimum absolute atomic E-state index is 0.337. The molecule has 0 aliphatic rings. The summed E-state index contributed by atoms with van der Waals surface area (Å²) in [6.07, 6.45) is 0.674. The maximum absolute atomic E-state index is 13.2. The first kappa shape index (κ1) is 31.7. The van der Waals surface area contributed by atoms with E-state index in [9.17, 15) is 9.13 Å². The average molecular weight is 519 g/mol. The molecule has 188 valence electrons. The van der Waals surface area contributed by atoms with Gasteiger partial charge < -0.3 is 22.2 Å². The minimum Gasteiger partial charge on any atom is -0.455 e. The van der Waals surface area contributed by atoms with Crippen LogP contribution in [0.3, 0.4) is 0 Å². The molecule has 0 amide bonds. The molecule has 0 N–H and O–H groups in total. The number of rotatable bonds is 20. The van der Waals surface area contributed by atoms with Crippen LogP contribution in [-0.4, -0.2) is 55.4 Å². The normalized spacial score (nSPS) is 13.7. The third-order valence-corrected chi connectivity index (χ3v) is 21.9. The fourth-order valence-corrected chi connectivity index (χ4v) is 20.8. The molecule has 0 aromatic rings. The quantitative estimate of drug-likeness (QED) is 0.122. The predicted octanol–water partition coefficient (Wildman–Crippen LogP) is 7.51. The number of hydrogen-bond donors (Lipinski definition) is 0. The van der Waals surface area contributed by atoms with E-state index in [1.165, 1.54) is 0 Å². The molecule has 0 bridgehead atoms. The van der Waals surface area contributed by atoms with Gasteiger partial charge in [-0.15, -0.1) is 0 Å². The molecule has 0 fully saturated rings. The topological polar surface area (TPSA) is 80.3 Å². The highest BCUT2D eigenvalue weighted by atomic mass is 31.2. The Morgan fingerprint density at radius 2 is 0.806 bits per heavy atom. The van der Waals surface area contributed by atoms with Crippen molar-refractivity contribution in [2.75, 3.05) is 38.8 Å². The van der Waals surface area contributed by atoms with Crippen LogP contribution < -0.4 is 0 Å². The lowest BCUT2D eigenvalue weighted by atomic mass is 10.9. The zero-order valence-corrected chi connectivity index (χ0v) is 25.0. The summed E-state index contributed by atoms with van der Waals surface area (Å²) < 4.78 is 55.7. The first-order valence-corrected chi connectivity index (χ1v) is 20.6. The summed E-state index contributed by atoms with van der Waals surface area (Å²) in [5, 5.41) is 0. The van der Waals surface area contributed by atoms with Crippen LogP contribution in [0.15, 0.2) is 0 Å². The molecule has 7 nitrogen and oxygen atoms in total. The fraction of sp³-hybridized carbons (Fsp3) is 1.00. The zero-order valence-electron chi connectivity index (χ0n) is 21.2. The van der Waals surface area contributed by atoms with Crippen molar-refractivity contribution in [1.29, 1.82) is 0 Å². The highest BCUT2D eigenvalue weighted by molar-refractivity contribution is 7.54. The highest BCUT2D eigenvalue weighted by Gasteiger charge is 2.44. The molecule has 0 atom stereocenters. The summed E-state index contributed by atoms with van der Waals surface area (Å²) >= 11 is 0. The van der Waals surface area contributed by atoms with Crippen LogP contribution in [0.4, 0.5) is 0 Å². The molecule has 0 radical (unpaired) electrons. The van der Waals surface area contributed by atoms with Gasteiger partial charge in [-0.1, -0.05) is 27.7 Å². The van der Waals surface area contributed by atoms with Gasteiger partial charge in [0.2, 0.25) is 0 Å². The molecule has 0 rings (SSSR count). The molecular formula is C20H48O7P2Si2. The SMILES string of the molecule is CCOP(=O)(CC[Si](CC)(CCP(=O)(OCC)OCC)O[Si](CC)(CC)CC)OCC. The molecule has 0 aliphatic heterocycles. The van der Waals surface area contributed by atoms with Crippen LogP contribution in [-0.2, 0) is 31.3 Å². The maximum Gasteiger partial charge on any atom is 0.330 e. The molecule has 11 heteroatoms. The average Bonchev–Trinajstić information content (AvgIpc) is 2.75. The van der Waals surface area contributed by atoms with Crippen molar-refractivity contribution in [2.24, 2.45) is 0 Å². The Morgan fingerprint density at radius 3 is 1.03 bits per heavy atom. The Bertz CT molecular complexity index is 511. The standard InChI is InChI=1S/C20H48O7P2Si2/c1-9-23-28(21,24-10-2)17-19-31(16-8,27-30(13-5,14-6)15-7)20-18-29(22,25-11-3)26-12-4/h9-20H2,1-8H3. The highest BCUT2D eigenvalue weighted by Crippen LogP contribution is 2.53. The van der Waals surface area contributed by atoms with E-state index in [1.807, 2.05) is 27.7 Å². The van der Waals surface area contributed by atoms with E-state index < -0.39 is 31.8 Å². The summed E-state index contributed by atoms with van der Waals surface area (Å²) in [4.78, 5) is 0. The van der Waals surface area contributed by atoms with E-state index in [-0.39, 0.29) is 0 Å². The van der Waals surface area contributed by atoms with Crippen molar-refractivity contribution < 1.29 is 31.3 Å². The monoisotopic (exact) mass is 518 g/mol. The van der Waals surface area contributed by atoms with Gasteiger partial charge in [0.15, 0.2) is 16.6 Å². The zero-order chi connectivity index (χ0) is 24.0. The van der Waals surface area contributed by atoms with Crippen LogP contribution >= 0.6 is 15.2 Å². The third-order valence-electron chi connectivity index (χ3n) is 6.00. The predicted molar refractivity (Wildman–Crippen MR) is 136 cm³/mol. The van der Waals surface area contributed by atoms with Crippen molar-refractivity contribution >= 4 is 31.8 Å². The van der Waals surface area contributed by atoms with E-state index in [4.69, 9.17) is 22.2 Å². The Balaban J connectivity index is 5.90. The second-order valence-electron chi connectivity index (χ2n) is 7.72. The smallest absolute Gasteiger partial charge is 0.330 e. The first-order valence-electron chi connectivity index (χ1n) is 12.1. The van der Waals surface area contributed by atoms with E-state index in [0.29, 0.717) is 50.8 Å². The van der Waals surface area contributed by atoms with Crippen LogP contribution in [0.2, 0.25) is 36.3 Å². The second kappa shape index (κ2) is 15.6. The summed E-state index contributed by atoms with van der Waals surface area (Å²) in [5.41, 5.74) is 0. The lowest BCUT2D eigenvalue weighted by Crippen LogP contribution is -2.51. The summed E-state index contributed by atoms with van der Waals surface area (Å²) in [6, 6.07) is 5.30. The molecule has 0 saturated carbocycles. The Labute approximate surface area is 193 Å². The van der Waals surface area contributed by atoms with Gasteiger partial charge in [0, 0.05) is 12.3 Å². The molecular weight excluding hydrogens is 470 g/mol. The largest absolute Gasteiger partial charge is 0.455 e. The van der Waals surface area contributed by atoms with Gasteiger partial charge in [0.25, 0.3) is 0 Å². The van der Waals surface area contributed by atoms with Crippen LogP contribution in [0, 0.1) is 0 Å². The van der Waals surface area contributed by atoms with E-state index in [0.717, 1.165) is 24.2 Å². The first-order chi connectivity index (χ1) is 14.6. The maximum atomic E-state index is 13.2. The van der Waals surface area contributed by atoms with Gasteiger partial charge in [-0.05, 0) is 64.0 Å². The molecule has 0 aromatic carbocycles. The minimum atomic E-state index is -3.17. The lowest BCUT2D eigenvalue weighted by molar-refractivity contribution is 0.220. The third kappa shape index (κ3) is 10.7. The van der Waals surface area contributed by atoms with Crippen molar-refractivity contribution in [1.82, 2.24) is 0 Å². The van der Waals surface area contributed by atoms with E-state index in [2.05, 4.69) is 27.7 Å². The Kier molecular flexibility index (Phi) is 15.9. The van der Waals surface area contributed by atoms with Gasteiger partial charge in [-0.25, -0.2) is 0 Å². The number of hydrogen-bond acceptors (Lipinski definition) is 7. The van der Waals surface area contributed by atoms with Gasteiger partial charge in [-0.3, -0.25) is 9.13 Å². The Morgan fingerprint density at radius 1 is 0.516 bits per heavy atom. The fourth-order valence-electron chi connectivity index (χ4n) is 3.88. The van der Waals surface area contributed by atoms with Crippen LogP contribution in [0.1, 0.15) is 55.4 Å². The second-order valence-corrected chi connectivity index (χ2v) is 21.5. The van der Waals surface area contributed by atoms with E-state index in [1.54, 1.807) is 0 Å². The molecule has 0 aromatic heterocycles. The van der Waals surface area contributed by atoms with Gasteiger partial charge >= 0.3 is 15.2 Å². The molecule has 0 heterocycles. The molecule has 0 aliphatic carbocycles. The van der Waals surface area contributed by atoms with Gasteiger partial charge in [-0.2, -0.15) is 0 Å². The van der Waals surface area contributed by atoms with E-state index >= 15 is 0 Å². The molecule has 31 heavy (non-hydrogen) atoms. The van der Waals surface area contributed by atoms with Crippen molar-refractivity contribution in [3.8, 4) is 0 Å². The molecule has 0 unspecified atom stereocenters. The lowest BCUT2D eigenvalue weighted by Gasteiger charge is -2.42. The summed E-state index contributed by atoms with van der Waals surface area (Å²) in [6.45, 7) is 17.5. The van der Waals surface area contributed by atoms with Gasteiger partial charge in [0.05, 0.1) is 26.4 Å².